The van der Waals surface area contributed by atoms with Crippen LogP contribution in [-0.4, -0.2) is 10.5 Å². The van der Waals surface area contributed by atoms with E-state index in [4.69, 9.17) is 23.2 Å². The Morgan fingerprint density at radius 3 is 1.92 bits per heavy atom. The van der Waals surface area contributed by atoms with Gasteiger partial charge in [0.15, 0.2) is 0 Å². The first-order chi connectivity index (χ1) is 5.17. The van der Waals surface area contributed by atoms with Crippen LogP contribution in [0.3, 0.4) is 0 Å². The summed E-state index contributed by atoms with van der Waals surface area (Å²) in [4.78, 5) is 0. The number of alkyl halides is 5. The molecule has 0 aromatic rings. The van der Waals surface area contributed by atoms with E-state index in [0.717, 1.165) is 5.57 Å². The molecule has 0 rings (SSSR count). The van der Waals surface area contributed by atoms with Crippen LogP contribution in [0.4, 0.5) is 13.2 Å². The van der Waals surface area contributed by atoms with Crippen LogP contribution in [0.1, 0.15) is 20.3 Å². The fourth-order valence-electron chi connectivity index (χ4n) is 0.448. The highest BCUT2D eigenvalue weighted by Crippen LogP contribution is 2.42. The quantitative estimate of drug-likeness (QED) is 0.486. The molecule has 0 fully saturated rings. The van der Waals surface area contributed by atoms with E-state index in [2.05, 4.69) is 0 Å². The second kappa shape index (κ2) is 3.88. The smallest absolute Gasteiger partial charge is 0.168 e. The van der Waals surface area contributed by atoms with Crippen LogP contribution in [0.15, 0.2) is 11.6 Å². The summed E-state index contributed by atoms with van der Waals surface area (Å²) in [7, 11) is 0. The lowest BCUT2D eigenvalue weighted by Gasteiger charge is -2.21. The van der Waals surface area contributed by atoms with E-state index in [1.165, 1.54) is 6.08 Å². The summed E-state index contributed by atoms with van der Waals surface area (Å²) in [5.41, 5.74) is 0.755. The van der Waals surface area contributed by atoms with Gasteiger partial charge < -0.3 is 0 Å². The van der Waals surface area contributed by atoms with Crippen LogP contribution in [0, 0.1) is 0 Å². The molecule has 0 heterocycles. The molecule has 72 valence electrons. The second-order valence-corrected chi connectivity index (χ2v) is 4.17. The Morgan fingerprint density at radius 2 is 1.67 bits per heavy atom. The van der Waals surface area contributed by atoms with Gasteiger partial charge in [0.05, 0.1) is 0 Å². The predicted molar refractivity (Wildman–Crippen MR) is 44.5 cm³/mol. The molecule has 0 spiro atoms. The highest BCUT2D eigenvalue weighted by atomic mass is 35.5. The van der Waals surface area contributed by atoms with Crippen molar-refractivity contribution in [1.29, 1.82) is 0 Å². The molecule has 0 saturated heterocycles. The van der Waals surface area contributed by atoms with E-state index in [1.54, 1.807) is 13.8 Å². The zero-order chi connectivity index (χ0) is 9.99. The van der Waals surface area contributed by atoms with Gasteiger partial charge in [0, 0.05) is 6.42 Å². The van der Waals surface area contributed by atoms with E-state index in [9.17, 15) is 13.2 Å². The number of rotatable bonds is 2. The van der Waals surface area contributed by atoms with Crippen molar-refractivity contribution in [2.24, 2.45) is 0 Å². The van der Waals surface area contributed by atoms with Crippen molar-refractivity contribution >= 4 is 23.2 Å². The summed E-state index contributed by atoms with van der Waals surface area (Å²) in [6.07, 6.45) is -3.64. The van der Waals surface area contributed by atoms with Gasteiger partial charge in [-0.2, -0.15) is 13.2 Å². The Bertz CT molecular complexity index is 178. The summed E-state index contributed by atoms with van der Waals surface area (Å²) < 4.78 is 33.3. The first-order valence-corrected chi connectivity index (χ1v) is 4.00. The second-order valence-electron chi connectivity index (χ2n) is 2.69. The van der Waals surface area contributed by atoms with E-state index >= 15 is 0 Å². The Balaban J connectivity index is 4.34. The summed E-state index contributed by atoms with van der Waals surface area (Å²) in [5.74, 6) is 0. The maximum absolute atomic E-state index is 12.0. The average Bonchev–Trinajstić information content (AvgIpc) is 1.81. The van der Waals surface area contributed by atoms with Crippen molar-refractivity contribution in [3.63, 3.8) is 0 Å². The molecule has 0 saturated carbocycles. The Labute approximate surface area is 79.3 Å². The van der Waals surface area contributed by atoms with E-state index < -0.39 is 16.9 Å². The number of allylic oxidation sites excluding steroid dienone is 2. The van der Waals surface area contributed by atoms with Gasteiger partial charge in [0.1, 0.15) is 0 Å². The molecule has 0 aliphatic carbocycles. The first kappa shape index (κ1) is 12.1. The van der Waals surface area contributed by atoms with Crippen LogP contribution in [-0.2, 0) is 0 Å². The standard InChI is InChI=1S/C7H9Cl2F3/c1-5(2)3-4-6(8,9)7(10,11)12/h3H,4H2,1-2H3. The van der Waals surface area contributed by atoms with Gasteiger partial charge >= 0.3 is 6.18 Å². The van der Waals surface area contributed by atoms with Gasteiger partial charge in [-0.05, 0) is 13.8 Å². The molecular formula is C7H9Cl2F3. The fourth-order valence-corrected chi connectivity index (χ4v) is 0.602. The summed E-state index contributed by atoms with van der Waals surface area (Å²) >= 11 is 10.1. The largest absolute Gasteiger partial charge is 0.421 e. The van der Waals surface area contributed by atoms with Crippen molar-refractivity contribution in [2.75, 3.05) is 0 Å². The highest BCUT2D eigenvalue weighted by molar-refractivity contribution is 6.49. The molecule has 0 unspecified atom stereocenters. The van der Waals surface area contributed by atoms with Crippen LogP contribution in [0.5, 0.6) is 0 Å². The van der Waals surface area contributed by atoms with Crippen molar-refractivity contribution in [3.8, 4) is 0 Å². The van der Waals surface area contributed by atoms with Crippen LogP contribution < -0.4 is 0 Å². The molecular weight excluding hydrogens is 212 g/mol. The topological polar surface area (TPSA) is 0 Å². The maximum atomic E-state index is 12.0. The van der Waals surface area contributed by atoms with E-state index in [0.29, 0.717) is 0 Å². The van der Waals surface area contributed by atoms with E-state index in [-0.39, 0.29) is 0 Å². The Kier molecular flexibility index (Phi) is 3.91. The number of hydrogen-bond acceptors (Lipinski definition) is 0. The molecule has 0 radical (unpaired) electrons. The third-order valence-electron chi connectivity index (χ3n) is 1.18. The SMILES string of the molecule is CC(C)=CCC(Cl)(Cl)C(F)(F)F. The number of halogens is 5. The van der Waals surface area contributed by atoms with Gasteiger partial charge in [-0.1, -0.05) is 34.9 Å². The molecule has 0 aliphatic rings. The molecule has 0 aromatic carbocycles. The van der Waals surface area contributed by atoms with Crippen molar-refractivity contribution in [3.05, 3.63) is 11.6 Å². The van der Waals surface area contributed by atoms with Crippen LogP contribution >= 0.6 is 23.2 Å². The summed E-state index contributed by atoms with van der Waals surface area (Å²) in [6.45, 7) is 3.36. The lowest BCUT2D eigenvalue weighted by molar-refractivity contribution is -0.140. The molecule has 0 aliphatic heterocycles. The molecule has 0 aromatic heterocycles. The lowest BCUT2D eigenvalue weighted by atomic mass is 10.2. The van der Waals surface area contributed by atoms with Gasteiger partial charge in [-0.3, -0.25) is 0 Å². The molecule has 0 atom stereocenters. The molecule has 0 amide bonds. The number of hydrogen-bond donors (Lipinski definition) is 0. The van der Waals surface area contributed by atoms with Crippen LogP contribution in [0.25, 0.3) is 0 Å². The minimum Gasteiger partial charge on any atom is -0.168 e. The minimum absolute atomic E-state index is 0.415. The van der Waals surface area contributed by atoms with Gasteiger partial charge in [-0.25, -0.2) is 0 Å². The van der Waals surface area contributed by atoms with Crippen molar-refractivity contribution < 1.29 is 13.2 Å². The Morgan fingerprint density at radius 1 is 1.25 bits per heavy atom. The third kappa shape index (κ3) is 3.68. The van der Waals surface area contributed by atoms with Crippen molar-refractivity contribution in [2.45, 2.75) is 30.8 Å². The van der Waals surface area contributed by atoms with E-state index in [1.807, 2.05) is 0 Å². The van der Waals surface area contributed by atoms with Crippen LogP contribution in [0.2, 0.25) is 0 Å². The zero-order valence-corrected chi connectivity index (χ0v) is 8.19. The average molecular weight is 221 g/mol. The molecule has 12 heavy (non-hydrogen) atoms. The molecule has 5 heteroatoms. The maximum Gasteiger partial charge on any atom is 0.421 e. The zero-order valence-electron chi connectivity index (χ0n) is 6.67. The minimum atomic E-state index is -4.58. The van der Waals surface area contributed by atoms with Crippen molar-refractivity contribution in [1.82, 2.24) is 0 Å². The van der Waals surface area contributed by atoms with Gasteiger partial charge in [0.2, 0.25) is 4.33 Å². The predicted octanol–water partition coefficient (Wildman–Crippen LogP) is 4.08. The van der Waals surface area contributed by atoms with Gasteiger partial charge in [0.25, 0.3) is 0 Å². The highest BCUT2D eigenvalue weighted by Gasteiger charge is 2.51. The lowest BCUT2D eigenvalue weighted by Crippen LogP contribution is -2.33. The fraction of sp³-hybridized carbons (Fsp3) is 0.714. The summed E-state index contributed by atoms with van der Waals surface area (Å²) in [5, 5.41) is 0. The normalized spacial score (nSPS) is 12.9. The van der Waals surface area contributed by atoms with Gasteiger partial charge in [-0.15, -0.1) is 0 Å². The molecule has 0 N–H and O–H groups in total. The third-order valence-corrected chi connectivity index (χ3v) is 1.92. The Hall–Kier alpha value is 0.110. The molecule has 0 nitrogen and oxygen atoms in total. The monoisotopic (exact) mass is 220 g/mol. The molecule has 0 bridgehead atoms. The summed E-state index contributed by atoms with van der Waals surface area (Å²) in [6, 6.07) is 0. The first-order valence-electron chi connectivity index (χ1n) is 3.25.